The van der Waals surface area contributed by atoms with E-state index in [-0.39, 0.29) is 11.9 Å². The lowest BCUT2D eigenvalue weighted by Gasteiger charge is -2.18. The molecule has 100 valence electrons. The maximum absolute atomic E-state index is 12.9. The molecule has 2 rings (SSSR count). The van der Waals surface area contributed by atoms with Crippen LogP contribution >= 0.6 is 0 Å². The molecule has 3 heteroatoms. The van der Waals surface area contributed by atoms with E-state index in [4.69, 9.17) is 4.74 Å². The summed E-state index contributed by atoms with van der Waals surface area (Å²) in [5.41, 5.74) is 1.98. The van der Waals surface area contributed by atoms with Crippen LogP contribution in [0.3, 0.4) is 0 Å². The highest BCUT2D eigenvalue weighted by Gasteiger charge is 2.08. The summed E-state index contributed by atoms with van der Waals surface area (Å²) in [7, 11) is 0. The van der Waals surface area contributed by atoms with Crippen LogP contribution in [0.4, 0.5) is 10.1 Å². The summed E-state index contributed by atoms with van der Waals surface area (Å²) in [6.45, 7) is 4.62. The van der Waals surface area contributed by atoms with Crippen LogP contribution in [-0.4, -0.2) is 6.61 Å². The Bertz CT molecular complexity index is 525. The zero-order valence-electron chi connectivity index (χ0n) is 11.2. The Hall–Kier alpha value is -2.03. The number of hydrogen-bond donors (Lipinski definition) is 1. The van der Waals surface area contributed by atoms with Crippen molar-refractivity contribution in [2.45, 2.75) is 19.9 Å². The molecule has 0 amide bonds. The molecule has 0 saturated carbocycles. The van der Waals surface area contributed by atoms with E-state index in [1.807, 2.05) is 38.1 Å². The minimum atomic E-state index is -0.217. The molecule has 1 N–H and O–H groups in total. The van der Waals surface area contributed by atoms with Crippen LogP contribution < -0.4 is 10.1 Å². The molecule has 0 heterocycles. The average molecular weight is 259 g/mol. The van der Waals surface area contributed by atoms with Gasteiger partial charge in [0.2, 0.25) is 0 Å². The number of benzene rings is 2. The molecule has 19 heavy (non-hydrogen) atoms. The van der Waals surface area contributed by atoms with Gasteiger partial charge in [0.05, 0.1) is 12.3 Å². The van der Waals surface area contributed by atoms with Gasteiger partial charge in [0.1, 0.15) is 11.6 Å². The Balaban J connectivity index is 2.14. The molecule has 0 fully saturated rings. The smallest absolute Gasteiger partial charge is 0.142 e. The maximum Gasteiger partial charge on any atom is 0.142 e. The van der Waals surface area contributed by atoms with Gasteiger partial charge in [0.15, 0.2) is 0 Å². The molecule has 0 spiro atoms. The van der Waals surface area contributed by atoms with E-state index < -0.39 is 0 Å². The number of anilines is 1. The van der Waals surface area contributed by atoms with E-state index in [2.05, 4.69) is 5.32 Å². The van der Waals surface area contributed by atoms with Gasteiger partial charge in [-0.3, -0.25) is 0 Å². The highest BCUT2D eigenvalue weighted by molar-refractivity contribution is 5.57. The van der Waals surface area contributed by atoms with Gasteiger partial charge in [-0.05, 0) is 43.7 Å². The second-order valence-electron chi connectivity index (χ2n) is 4.35. The van der Waals surface area contributed by atoms with Gasteiger partial charge >= 0.3 is 0 Å². The van der Waals surface area contributed by atoms with Crippen LogP contribution in [0.5, 0.6) is 5.75 Å². The quantitative estimate of drug-likeness (QED) is 0.859. The molecule has 0 saturated heterocycles. The van der Waals surface area contributed by atoms with Crippen molar-refractivity contribution >= 4 is 5.69 Å². The van der Waals surface area contributed by atoms with Gasteiger partial charge in [0, 0.05) is 6.04 Å². The average Bonchev–Trinajstić information content (AvgIpc) is 2.42. The number of rotatable bonds is 5. The van der Waals surface area contributed by atoms with E-state index in [9.17, 15) is 4.39 Å². The largest absolute Gasteiger partial charge is 0.492 e. The Kier molecular flexibility index (Phi) is 4.39. The zero-order valence-corrected chi connectivity index (χ0v) is 11.2. The molecule has 0 unspecified atom stereocenters. The molecular formula is C16H18FNO. The van der Waals surface area contributed by atoms with Crippen LogP contribution in [0.15, 0.2) is 48.5 Å². The number of halogens is 1. The van der Waals surface area contributed by atoms with Crippen molar-refractivity contribution in [3.8, 4) is 5.75 Å². The summed E-state index contributed by atoms with van der Waals surface area (Å²) in [6.07, 6.45) is 0. The van der Waals surface area contributed by atoms with Crippen molar-refractivity contribution in [2.24, 2.45) is 0 Å². The number of nitrogens with one attached hydrogen (secondary N) is 1. The second-order valence-corrected chi connectivity index (χ2v) is 4.35. The summed E-state index contributed by atoms with van der Waals surface area (Å²) in [4.78, 5) is 0. The Morgan fingerprint density at radius 3 is 2.47 bits per heavy atom. The predicted octanol–water partition coefficient (Wildman–Crippen LogP) is 4.40. The van der Waals surface area contributed by atoms with Gasteiger partial charge in [-0.2, -0.15) is 0 Å². The van der Waals surface area contributed by atoms with E-state index in [1.54, 1.807) is 12.1 Å². The summed E-state index contributed by atoms with van der Waals surface area (Å²) < 4.78 is 18.5. The number of para-hydroxylation sites is 2. The van der Waals surface area contributed by atoms with Crippen LogP contribution in [0.2, 0.25) is 0 Å². The Labute approximate surface area is 113 Å². The molecule has 0 aromatic heterocycles. The van der Waals surface area contributed by atoms with Gasteiger partial charge < -0.3 is 10.1 Å². The fourth-order valence-corrected chi connectivity index (χ4v) is 1.94. The van der Waals surface area contributed by atoms with Gasteiger partial charge in [-0.15, -0.1) is 0 Å². The van der Waals surface area contributed by atoms with Crippen LogP contribution in [-0.2, 0) is 0 Å². The number of hydrogen-bond acceptors (Lipinski definition) is 2. The minimum Gasteiger partial charge on any atom is -0.492 e. The fourth-order valence-electron chi connectivity index (χ4n) is 1.94. The van der Waals surface area contributed by atoms with Crippen molar-refractivity contribution in [3.05, 3.63) is 59.9 Å². The van der Waals surface area contributed by atoms with Gasteiger partial charge in [-0.25, -0.2) is 4.39 Å². The molecular weight excluding hydrogens is 241 g/mol. The molecule has 2 aromatic carbocycles. The lowest BCUT2D eigenvalue weighted by atomic mass is 10.1. The molecule has 2 nitrogen and oxygen atoms in total. The van der Waals surface area contributed by atoms with Gasteiger partial charge in [0.25, 0.3) is 0 Å². The Morgan fingerprint density at radius 2 is 1.79 bits per heavy atom. The molecule has 2 aromatic rings. The monoisotopic (exact) mass is 259 g/mol. The lowest BCUT2D eigenvalue weighted by Crippen LogP contribution is -2.08. The van der Waals surface area contributed by atoms with Crippen molar-refractivity contribution in [3.63, 3.8) is 0 Å². The van der Waals surface area contributed by atoms with Crippen molar-refractivity contribution in [1.82, 2.24) is 0 Å². The van der Waals surface area contributed by atoms with Crippen LogP contribution in [0, 0.1) is 5.82 Å². The maximum atomic E-state index is 12.9. The molecule has 0 bridgehead atoms. The first-order chi connectivity index (χ1) is 9.20. The van der Waals surface area contributed by atoms with Crippen LogP contribution in [0.25, 0.3) is 0 Å². The molecule has 1 atom stereocenters. The van der Waals surface area contributed by atoms with Gasteiger partial charge in [-0.1, -0.05) is 24.3 Å². The molecule has 0 radical (unpaired) electrons. The first-order valence-electron chi connectivity index (χ1n) is 6.44. The summed E-state index contributed by atoms with van der Waals surface area (Å²) in [6, 6.07) is 14.4. The third-order valence-corrected chi connectivity index (χ3v) is 2.93. The van der Waals surface area contributed by atoms with E-state index in [0.29, 0.717) is 6.61 Å². The third-order valence-electron chi connectivity index (χ3n) is 2.93. The highest BCUT2D eigenvalue weighted by Crippen LogP contribution is 2.28. The van der Waals surface area contributed by atoms with E-state index in [0.717, 1.165) is 17.0 Å². The zero-order chi connectivity index (χ0) is 13.7. The molecule has 0 aliphatic heterocycles. The van der Waals surface area contributed by atoms with Crippen molar-refractivity contribution in [2.75, 3.05) is 11.9 Å². The normalized spacial score (nSPS) is 11.9. The molecule has 0 aliphatic rings. The van der Waals surface area contributed by atoms with Crippen molar-refractivity contribution in [1.29, 1.82) is 0 Å². The summed E-state index contributed by atoms with van der Waals surface area (Å²) in [5, 5.41) is 3.38. The minimum absolute atomic E-state index is 0.0854. The SMILES string of the molecule is CCOc1ccccc1N[C@H](C)c1ccc(F)cc1. The summed E-state index contributed by atoms with van der Waals surface area (Å²) >= 11 is 0. The third kappa shape index (κ3) is 3.47. The number of ether oxygens (including phenoxy) is 1. The topological polar surface area (TPSA) is 21.3 Å². The lowest BCUT2D eigenvalue weighted by molar-refractivity contribution is 0.341. The first-order valence-corrected chi connectivity index (χ1v) is 6.44. The Morgan fingerprint density at radius 1 is 1.11 bits per heavy atom. The highest BCUT2D eigenvalue weighted by atomic mass is 19.1. The first kappa shape index (κ1) is 13.4. The fraction of sp³-hybridized carbons (Fsp3) is 0.250. The second kappa shape index (κ2) is 6.23. The van der Waals surface area contributed by atoms with Crippen LogP contribution in [0.1, 0.15) is 25.5 Å². The van der Waals surface area contributed by atoms with Crippen molar-refractivity contribution < 1.29 is 9.13 Å². The van der Waals surface area contributed by atoms with E-state index in [1.165, 1.54) is 12.1 Å². The van der Waals surface area contributed by atoms with E-state index >= 15 is 0 Å². The molecule has 0 aliphatic carbocycles. The summed E-state index contributed by atoms with van der Waals surface area (Å²) in [5.74, 6) is 0.615. The standard InChI is InChI=1S/C16H18FNO/c1-3-19-16-7-5-4-6-15(16)18-12(2)13-8-10-14(17)11-9-13/h4-12,18H,3H2,1-2H3/t12-/m1/s1. The predicted molar refractivity (Wildman–Crippen MR) is 76.0 cm³/mol.